The van der Waals surface area contributed by atoms with Crippen LogP contribution >= 0.6 is 11.3 Å². The van der Waals surface area contributed by atoms with E-state index in [9.17, 15) is 0 Å². The summed E-state index contributed by atoms with van der Waals surface area (Å²) in [5, 5.41) is 6.78. The Morgan fingerprint density at radius 1 is 1.29 bits per heavy atom. The Kier molecular flexibility index (Phi) is 5.83. The molecule has 5 nitrogen and oxygen atoms in total. The van der Waals surface area contributed by atoms with Gasteiger partial charge in [-0.05, 0) is 37.4 Å². The van der Waals surface area contributed by atoms with Crippen molar-refractivity contribution in [3.8, 4) is 5.75 Å². The molecular formula is C15H21N4OS. The molecule has 1 heterocycles. The average Bonchev–Trinajstić information content (AvgIpc) is 2.90. The van der Waals surface area contributed by atoms with Crippen molar-refractivity contribution in [1.29, 1.82) is 0 Å². The Bertz CT molecular complexity index is 537. The summed E-state index contributed by atoms with van der Waals surface area (Å²) < 4.78 is 5.74. The van der Waals surface area contributed by atoms with Gasteiger partial charge in [0, 0.05) is 12.2 Å². The molecule has 0 fully saturated rings. The Labute approximate surface area is 129 Å². The van der Waals surface area contributed by atoms with Crippen LogP contribution in [0.15, 0.2) is 24.3 Å². The minimum atomic E-state index is 0.416. The van der Waals surface area contributed by atoms with E-state index in [-0.39, 0.29) is 0 Å². The number of likely N-dealkylation sites (N-methyl/N-ethyl adjacent to an activating group) is 1. The lowest BCUT2D eigenvalue weighted by molar-refractivity contribution is 0.223. The highest BCUT2D eigenvalue weighted by atomic mass is 32.1. The number of benzene rings is 1. The first-order valence-electron chi connectivity index (χ1n) is 7.07. The molecule has 0 saturated carbocycles. The fourth-order valence-electron chi connectivity index (χ4n) is 1.90. The van der Waals surface area contributed by atoms with Crippen molar-refractivity contribution < 1.29 is 4.74 Å². The van der Waals surface area contributed by atoms with Gasteiger partial charge in [-0.3, -0.25) is 0 Å². The molecule has 1 aromatic heterocycles. The molecule has 0 saturated heterocycles. The van der Waals surface area contributed by atoms with Gasteiger partial charge in [0.2, 0.25) is 0 Å². The summed E-state index contributed by atoms with van der Waals surface area (Å²) in [7, 11) is 0. The lowest BCUT2D eigenvalue weighted by Gasteiger charge is -2.18. The molecule has 0 amide bonds. The zero-order valence-electron chi connectivity index (χ0n) is 12.4. The number of aromatic nitrogens is 1. The molecule has 0 aliphatic rings. The summed E-state index contributed by atoms with van der Waals surface area (Å²) >= 11 is 1.36. The third-order valence-electron chi connectivity index (χ3n) is 3.15. The van der Waals surface area contributed by atoms with Crippen molar-refractivity contribution >= 4 is 28.0 Å². The van der Waals surface area contributed by atoms with E-state index in [4.69, 9.17) is 10.5 Å². The molecule has 0 aliphatic heterocycles. The molecule has 6 heteroatoms. The Morgan fingerprint density at radius 2 is 2.00 bits per heavy atom. The summed E-state index contributed by atoms with van der Waals surface area (Å²) in [6.45, 7) is 8.07. The molecule has 1 radical (unpaired) electrons. The zero-order valence-corrected chi connectivity index (χ0v) is 13.2. The molecule has 2 aromatic rings. The van der Waals surface area contributed by atoms with E-state index in [0.717, 1.165) is 36.2 Å². The highest BCUT2D eigenvalue weighted by Gasteiger charge is 2.02. The SMILES string of the molecule is CCN(CC)CCOc1ccc(Nc2nc(N)[c]s2)cc1. The molecule has 0 aliphatic carbocycles. The fourth-order valence-corrected chi connectivity index (χ4v) is 2.46. The largest absolute Gasteiger partial charge is 0.492 e. The van der Waals surface area contributed by atoms with Gasteiger partial charge in [0.1, 0.15) is 18.2 Å². The Morgan fingerprint density at radius 3 is 2.57 bits per heavy atom. The number of hydrogen-bond acceptors (Lipinski definition) is 6. The maximum atomic E-state index is 5.74. The van der Waals surface area contributed by atoms with Gasteiger partial charge in [0.25, 0.3) is 0 Å². The summed E-state index contributed by atoms with van der Waals surface area (Å²) in [5.74, 6) is 1.29. The van der Waals surface area contributed by atoms with Crippen LogP contribution in [0.25, 0.3) is 0 Å². The number of thiazole rings is 1. The quantitative estimate of drug-likeness (QED) is 0.785. The fraction of sp³-hybridized carbons (Fsp3) is 0.400. The maximum absolute atomic E-state index is 5.74. The number of nitrogen functional groups attached to an aromatic ring is 1. The normalized spacial score (nSPS) is 10.8. The highest BCUT2D eigenvalue weighted by molar-refractivity contribution is 7.13. The third kappa shape index (κ3) is 4.91. The Balaban J connectivity index is 1.81. The van der Waals surface area contributed by atoms with E-state index < -0.39 is 0 Å². The van der Waals surface area contributed by atoms with Crippen molar-refractivity contribution in [3.05, 3.63) is 29.6 Å². The number of ether oxygens (including phenoxy) is 1. The van der Waals surface area contributed by atoms with Crippen LogP contribution in [0.4, 0.5) is 16.6 Å². The van der Waals surface area contributed by atoms with Gasteiger partial charge in [-0.25, -0.2) is 4.98 Å². The first-order valence-corrected chi connectivity index (χ1v) is 7.89. The monoisotopic (exact) mass is 305 g/mol. The first-order chi connectivity index (χ1) is 10.2. The third-order valence-corrected chi connectivity index (χ3v) is 3.85. The number of nitrogens with two attached hydrogens (primary N) is 1. The van der Waals surface area contributed by atoms with Gasteiger partial charge in [-0.2, -0.15) is 0 Å². The summed E-state index contributed by atoms with van der Waals surface area (Å²) in [6.07, 6.45) is 0. The van der Waals surface area contributed by atoms with Crippen molar-refractivity contribution in [3.63, 3.8) is 0 Å². The summed E-state index contributed by atoms with van der Waals surface area (Å²) in [5.41, 5.74) is 6.49. The molecule has 2 rings (SSSR count). The van der Waals surface area contributed by atoms with Crippen molar-refractivity contribution in [2.45, 2.75) is 13.8 Å². The van der Waals surface area contributed by atoms with Crippen molar-refractivity contribution in [2.75, 3.05) is 37.3 Å². The lowest BCUT2D eigenvalue weighted by Crippen LogP contribution is -2.27. The van der Waals surface area contributed by atoms with Gasteiger partial charge >= 0.3 is 0 Å². The van der Waals surface area contributed by atoms with Crippen LogP contribution in [-0.2, 0) is 0 Å². The minimum Gasteiger partial charge on any atom is -0.492 e. The van der Waals surface area contributed by atoms with E-state index in [1.165, 1.54) is 11.3 Å². The van der Waals surface area contributed by atoms with Crippen LogP contribution in [0.3, 0.4) is 0 Å². The van der Waals surface area contributed by atoms with E-state index in [0.29, 0.717) is 12.4 Å². The molecular weight excluding hydrogens is 284 g/mol. The molecule has 113 valence electrons. The Hall–Kier alpha value is -1.79. The predicted molar refractivity (Wildman–Crippen MR) is 88.4 cm³/mol. The lowest BCUT2D eigenvalue weighted by atomic mass is 10.3. The van der Waals surface area contributed by atoms with Crippen LogP contribution in [0.1, 0.15) is 13.8 Å². The summed E-state index contributed by atoms with van der Waals surface area (Å²) in [6, 6.07) is 7.82. The second-order valence-corrected chi connectivity index (χ2v) is 5.33. The van der Waals surface area contributed by atoms with Gasteiger partial charge in [-0.1, -0.05) is 25.2 Å². The maximum Gasteiger partial charge on any atom is 0.189 e. The molecule has 3 N–H and O–H groups in total. The zero-order chi connectivity index (χ0) is 15.1. The minimum absolute atomic E-state index is 0.416. The van der Waals surface area contributed by atoms with Crippen LogP contribution in [-0.4, -0.2) is 36.1 Å². The van der Waals surface area contributed by atoms with E-state index in [2.05, 4.69) is 34.4 Å². The van der Waals surface area contributed by atoms with Gasteiger partial charge < -0.3 is 20.7 Å². The standard InChI is InChI=1S/C15H21N4OS/c1-3-19(4-2)9-10-20-13-7-5-12(6-8-13)17-15-18-14(16)11-21-15/h5-8H,3-4,9-10,16H2,1-2H3,(H,17,18). The topological polar surface area (TPSA) is 63.4 Å². The van der Waals surface area contributed by atoms with E-state index in [1.807, 2.05) is 24.3 Å². The van der Waals surface area contributed by atoms with Gasteiger partial charge in [-0.15, -0.1) is 0 Å². The highest BCUT2D eigenvalue weighted by Crippen LogP contribution is 2.23. The number of nitrogens with one attached hydrogen (secondary N) is 1. The van der Waals surface area contributed by atoms with Crippen LogP contribution < -0.4 is 15.8 Å². The predicted octanol–water partition coefficient (Wildman–Crippen LogP) is 2.99. The van der Waals surface area contributed by atoms with Crippen LogP contribution in [0, 0.1) is 5.38 Å². The molecule has 21 heavy (non-hydrogen) atoms. The average molecular weight is 305 g/mol. The second kappa shape index (κ2) is 7.85. The van der Waals surface area contributed by atoms with E-state index in [1.54, 1.807) is 0 Å². The molecule has 0 unspecified atom stereocenters. The van der Waals surface area contributed by atoms with Gasteiger partial charge in [0.15, 0.2) is 5.13 Å². The molecule has 0 bridgehead atoms. The number of anilines is 3. The molecule has 0 atom stereocenters. The number of nitrogens with zero attached hydrogens (tertiary/aromatic N) is 2. The molecule has 1 aromatic carbocycles. The van der Waals surface area contributed by atoms with Gasteiger partial charge in [0.05, 0.1) is 5.38 Å². The smallest absolute Gasteiger partial charge is 0.189 e. The van der Waals surface area contributed by atoms with Crippen molar-refractivity contribution in [1.82, 2.24) is 9.88 Å². The van der Waals surface area contributed by atoms with Crippen LogP contribution in [0.2, 0.25) is 0 Å². The second-order valence-electron chi connectivity index (χ2n) is 4.53. The number of hydrogen-bond donors (Lipinski definition) is 2. The molecule has 0 spiro atoms. The summed E-state index contributed by atoms with van der Waals surface area (Å²) in [4.78, 5) is 6.44. The van der Waals surface area contributed by atoms with Crippen LogP contribution in [0.5, 0.6) is 5.75 Å². The van der Waals surface area contributed by atoms with Crippen molar-refractivity contribution in [2.24, 2.45) is 0 Å². The first kappa shape index (κ1) is 15.6. The van der Waals surface area contributed by atoms with E-state index >= 15 is 0 Å². The number of rotatable bonds is 8.